The fraction of sp³-hybridized carbons (Fsp3) is 0.429. The van der Waals surface area contributed by atoms with Crippen LogP contribution in [-0.2, 0) is 0 Å². The van der Waals surface area contributed by atoms with Crippen molar-refractivity contribution in [3.8, 4) is 5.88 Å². The Morgan fingerprint density at radius 3 is 2.33 bits per heavy atom. The van der Waals surface area contributed by atoms with E-state index in [1.54, 1.807) is 11.8 Å². The third kappa shape index (κ3) is 1.66. The van der Waals surface area contributed by atoms with E-state index in [-0.39, 0.29) is 5.88 Å². The van der Waals surface area contributed by atoms with Crippen LogP contribution in [-0.4, -0.2) is 29.2 Å². The number of hydrogen-bond donors (Lipinski definition) is 1. The zero-order chi connectivity index (χ0) is 9.30. The monoisotopic (exact) mass is 231 g/mol. The predicted octanol–water partition coefficient (Wildman–Crippen LogP) is 1.32. The van der Waals surface area contributed by atoms with E-state index in [4.69, 9.17) is 0 Å². The number of hydrogen-bond acceptors (Lipinski definition) is 4. The zero-order valence-corrected chi connectivity index (χ0v) is 8.75. The largest absolute Gasteiger partial charge is 0.492 e. The van der Waals surface area contributed by atoms with Gasteiger partial charge in [-0.2, -0.15) is 4.98 Å². The molecule has 0 aliphatic carbocycles. The average molecular weight is 232 g/mol. The first-order valence-electron chi connectivity index (χ1n) is 3.43. The van der Waals surface area contributed by atoms with Crippen LogP contribution < -0.4 is 4.90 Å². The molecule has 1 rings (SSSR count). The fourth-order valence-corrected chi connectivity index (χ4v) is 0.907. The molecule has 0 radical (unpaired) electrons. The Morgan fingerprint density at radius 2 is 1.92 bits per heavy atom. The van der Waals surface area contributed by atoms with Crippen LogP contribution in [0.5, 0.6) is 5.88 Å². The second-order valence-electron chi connectivity index (χ2n) is 2.64. The van der Waals surface area contributed by atoms with Gasteiger partial charge in [-0.05, 0) is 22.9 Å². The number of halogens is 1. The summed E-state index contributed by atoms with van der Waals surface area (Å²) < 4.78 is 0.549. The molecule has 0 unspecified atom stereocenters. The summed E-state index contributed by atoms with van der Waals surface area (Å²) in [7, 11) is 3.64. The van der Waals surface area contributed by atoms with E-state index in [9.17, 15) is 5.11 Å². The molecule has 0 atom stereocenters. The lowest BCUT2D eigenvalue weighted by Crippen LogP contribution is -2.13. The van der Waals surface area contributed by atoms with Crippen molar-refractivity contribution in [1.82, 2.24) is 9.97 Å². The van der Waals surface area contributed by atoms with Gasteiger partial charge in [0.25, 0.3) is 0 Å². The van der Waals surface area contributed by atoms with Gasteiger partial charge in [-0.25, -0.2) is 4.98 Å². The van der Waals surface area contributed by atoms with Crippen molar-refractivity contribution >= 4 is 21.9 Å². The van der Waals surface area contributed by atoms with Crippen LogP contribution in [0.3, 0.4) is 0 Å². The third-order valence-electron chi connectivity index (χ3n) is 1.39. The molecule has 66 valence electrons. The van der Waals surface area contributed by atoms with Gasteiger partial charge in [0.05, 0.1) is 5.69 Å². The predicted molar refractivity (Wildman–Crippen MR) is 50.5 cm³/mol. The quantitative estimate of drug-likeness (QED) is 0.793. The van der Waals surface area contributed by atoms with E-state index in [0.29, 0.717) is 10.4 Å². The van der Waals surface area contributed by atoms with Crippen LogP contribution >= 0.6 is 15.9 Å². The Labute approximate surface area is 79.4 Å². The molecule has 0 aliphatic heterocycles. The van der Waals surface area contributed by atoms with Gasteiger partial charge in [-0.1, -0.05) is 0 Å². The molecule has 12 heavy (non-hydrogen) atoms. The molecule has 0 aromatic carbocycles. The number of aromatic nitrogens is 2. The van der Waals surface area contributed by atoms with Crippen molar-refractivity contribution in [2.75, 3.05) is 19.0 Å². The maximum absolute atomic E-state index is 9.31. The van der Waals surface area contributed by atoms with Crippen LogP contribution in [0.25, 0.3) is 0 Å². The van der Waals surface area contributed by atoms with Crippen LogP contribution in [0.1, 0.15) is 5.69 Å². The summed E-state index contributed by atoms with van der Waals surface area (Å²) in [6.45, 7) is 1.80. The summed E-state index contributed by atoms with van der Waals surface area (Å²) in [6, 6.07) is 0. The first-order valence-corrected chi connectivity index (χ1v) is 4.22. The Morgan fingerprint density at radius 1 is 1.33 bits per heavy atom. The molecule has 1 N–H and O–H groups in total. The van der Waals surface area contributed by atoms with E-state index in [1.165, 1.54) is 0 Å². The van der Waals surface area contributed by atoms with Crippen molar-refractivity contribution in [2.45, 2.75) is 6.92 Å². The highest BCUT2D eigenvalue weighted by atomic mass is 79.9. The van der Waals surface area contributed by atoms with Gasteiger partial charge in [0.2, 0.25) is 11.8 Å². The second-order valence-corrected chi connectivity index (χ2v) is 3.43. The Kier molecular flexibility index (Phi) is 2.52. The van der Waals surface area contributed by atoms with Crippen LogP contribution in [0.2, 0.25) is 0 Å². The molecule has 5 heteroatoms. The average Bonchev–Trinajstić information content (AvgIpc) is 1.99. The minimum Gasteiger partial charge on any atom is -0.492 e. The van der Waals surface area contributed by atoms with Crippen molar-refractivity contribution < 1.29 is 5.11 Å². The molecule has 1 aromatic rings. The number of anilines is 1. The Bertz CT molecular complexity index is 278. The first-order chi connectivity index (χ1) is 5.52. The molecule has 1 heterocycles. The smallest absolute Gasteiger partial charge is 0.230 e. The highest BCUT2D eigenvalue weighted by molar-refractivity contribution is 9.10. The van der Waals surface area contributed by atoms with Crippen LogP contribution in [0, 0.1) is 6.92 Å². The molecular weight excluding hydrogens is 222 g/mol. The molecule has 0 saturated carbocycles. The van der Waals surface area contributed by atoms with Gasteiger partial charge in [0, 0.05) is 14.1 Å². The summed E-state index contributed by atoms with van der Waals surface area (Å²) in [5, 5.41) is 9.31. The molecule has 4 nitrogen and oxygen atoms in total. The summed E-state index contributed by atoms with van der Waals surface area (Å²) in [4.78, 5) is 9.73. The normalized spacial score (nSPS) is 10.0. The minimum atomic E-state index is -0.0220. The van der Waals surface area contributed by atoms with Crippen molar-refractivity contribution in [3.05, 3.63) is 10.2 Å². The summed E-state index contributed by atoms with van der Waals surface area (Å²) >= 11 is 3.17. The second kappa shape index (κ2) is 3.26. The Hall–Kier alpha value is -0.840. The number of aryl methyl sites for hydroxylation is 1. The van der Waals surface area contributed by atoms with Crippen LogP contribution in [0.4, 0.5) is 5.95 Å². The van der Waals surface area contributed by atoms with Gasteiger partial charge < -0.3 is 10.0 Å². The molecular formula is C7H10BrN3O. The molecule has 1 aromatic heterocycles. The van der Waals surface area contributed by atoms with E-state index < -0.39 is 0 Å². The maximum Gasteiger partial charge on any atom is 0.230 e. The van der Waals surface area contributed by atoms with E-state index in [1.807, 2.05) is 14.1 Å². The van der Waals surface area contributed by atoms with E-state index in [0.717, 1.165) is 5.69 Å². The van der Waals surface area contributed by atoms with E-state index >= 15 is 0 Å². The lowest BCUT2D eigenvalue weighted by Gasteiger charge is -2.11. The Balaban J connectivity index is 3.21. The molecule has 0 spiro atoms. The van der Waals surface area contributed by atoms with Crippen LogP contribution in [0.15, 0.2) is 4.47 Å². The highest BCUT2D eigenvalue weighted by Gasteiger charge is 2.08. The fourth-order valence-electron chi connectivity index (χ4n) is 0.730. The maximum atomic E-state index is 9.31. The third-order valence-corrected chi connectivity index (χ3v) is 2.32. The minimum absolute atomic E-state index is 0.0220. The number of rotatable bonds is 1. The zero-order valence-electron chi connectivity index (χ0n) is 7.17. The van der Waals surface area contributed by atoms with Crippen molar-refractivity contribution in [1.29, 1.82) is 0 Å². The first kappa shape index (κ1) is 9.25. The molecule has 0 amide bonds. The lowest BCUT2D eigenvalue weighted by molar-refractivity contribution is 0.447. The number of aromatic hydroxyl groups is 1. The molecule has 0 fully saturated rings. The van der Waals surface area contributed by atoms with Gasteiger partial charge >= 0.3 is 0 Å². The molecule has 0 bridgehead atoms. The van der Waals surface area contributed by atoms with Gasteiger partial charge in [0.15, 0.2) is 0 Å². The van der Waals surface area contributed by atoms with Gasteiger partial charge in [-0.3, -0.25) is 0 Å². The standard InChI is InChI=1S/C7H10BrN3O/c1-4-5(8)6(12)10-7(9-4)11(2)3/h1-3H3,(H,9,10,12). The van der Waals surface area contributed by atoms with Gasteiger partial charge in [-0.15, -0.1) is 0 Å². The topological polar surface area (TPSA) is 49.2 Å². The summed E-state index contributed by atoms with van der Waals surface area (Å²) in [5.41, 5.74) is 0.728. The van der Waals surface area contributed by atoms with Crippen molar-refractivity contribution in [2.24, 2.45) is 0 Å². The molecule has 0 aliphatic rings. The summed E-state index contributed by atoms with van der Waals surface area (Å²) in [6.07, 6.45) is 0. The van der Waals surface area contributed by atoms with Crippen molar-refractivity contribution in [3.63, 3.8) is 0 Å². The van der Waals surface area contributed by atoms with E-state index in [2.05, 4.69) is 25.9 Å². The van der Waals surface area contributed by atoms with Gasteiger partial charge in [0.1, 0.15) is 4.47 Å². The number of nitrogens with zero attached hydrogens (tertiary/aromatic N) is 3. The lowest BCUT2D eigenvalue weighted by atomic mass is 10.4. The SMILES string of the molecule is Cc1nc(N(C)C)nc(O)c1Br. The highest BCUT2D eigenvalue weighted by Crippen LogP contribution is 2.25. The molecule has 0 saturated heterocycles. The summed E-state index contributed by atoms with van der Waals surface area (Å²) in [5.74, 6) is 0.486.